The summed E-state index contributed by atoms with van der Waals surface area (Å²) in [7, 11) is 0. The molecule has 94 valence electrons. The van der Waals surface area contributed by atoms with Crippen LogP contribution < -0.4 is 5.32 Å². The van der Waals surface area contributed by atoms with Crippen molar-refractivity contribution in [1.82, 2.24) is 4.98 Å². The van der Waals surface area contributed by atoms with Gasteiger partial charge in [-0.05, 0) is 13.8 Å². The van der Waals surface area contributed by atoms with Crippen LogP contribution in [0.3, 0.4) is 0 Å². The number of oxime groups is 1. The number of hydrogen-bond acceptors (Lipinski definition) is 6. The summed E-state index contributed by atoms with van der Waals surface area (Å²) in [5, 5.41) is 16.5. The van der Waals surface area contributed by atoms with E-state index in [-0.39, 0.29) is 5.91 Å². The van der Waals surface area contributed by atoms with Crippen LogP contribution in [0.2, 0.25) is 0 Å². The SMILES string of the molecule is CCOCCC(=O)Nc1nc(C(C)=NO)cs1. The molecule has 0 bridgehead atoms. The zero-order valence-corrected chi connectivity index (χ0v) is 10.6. The Morgan fingerprint density at radius 3 is 3.12 bits per heavy atom. The van der Waals surface area contributed by atoms with Crippen LogP contribution in [-0.4, -0.2) is 35.0 Å². The quantitative estimate of drug-likeness (QED) is 0.351. The molecule has 0 atom stereocenters. The first-order chi connectivity index (χ1) is 8.17. The highest BCUT2D eigenvalue weighted by molar-refractivity contribution is 7.14. The van der Waals surface area contributed by atoms with E-state index in [0.717, 1.165) is 0 Å². The summed E-state index contributed by atoms with van der Waals surface area (Å²) in [5.74, 6) is -0.141. The smallest absolute Gasteiger partial charge is 0.228 e. The molecule has 0 radical (unpaired) electrons. The molecule has 0 saturated heterocycles. The van der Waals surface area contributed by atoms with E-state index in [1.807, 2.05) is 6.92 Å². The number of hydrogen-bond donors (Lipinski definition) is 2. The van der Waals surface area contributed by atoms with Gasteiger partial charge in [-0.3, -0.25) is 4.79 Å². The van der Waals surface area contributed by atoms with Crippen molar-refractivity contribution in [3.8, 4) is 0 Å². The highest BCUT2D eigenvalue weighted by Crippen LogP contribution is 2.16. The van der Waals surface area contributed by atoms with Crippen LogP contribution in [0.4, 0.5) is 5.13 Å². The van der Waals surface area contributed by atoms with Crippen molar-refractivity contribution in [1.29, 1.82) is 0 Å². The lowest BCUT2D eigenvalue weighted by molar-refractivity contribution is -0.117. The van der Waals surface area contributed by atoms with E-state index >= 15 is 0 Å². The second-order valence-corrected chi connectivity index (χ2v) is 4.08. The number of carbonyl (C=O) groups excluding carboxylic acids is 1. The molecule has 2 N–H and O–H groups in total. The number of amides is 1. The third-order valence-corrected chi connectivity index (χ3v) is 2.71. The van der Waals surface area contributed by atoms with Crippen molar-refractivity contribution in [3.63, 3.8) is 0 Å². The van der Waals surface area contributed by atoms with Crippen LogP contribution in [0.5, 0.6) is 0 Å². The average Bonchev–Trinajstić information content (AvgIpc) is 2.77. The third-order valence-electron chi connectivity index (χ3n) is 1.95. The van der Waals surface area contributed by atoms with E-state index in [0.29, 0.717) is 36.2 Å². The molecule has 0 aromatic carbocycles. The van der Waals surface area contributed by atoms with Crippen LogP contribution in [-0.2, 0) is 9.53 Å². The first kappa shape index (κ1) is 13.6. The van der Waals surface area contributed by atoms with Crippen molar-refractivity contribution in [3.05, 3.63) is 11.1 Å². The second-order valence-electron chi connectivity index (χ2n) is 3.22. The summed E-state index contributed by atoms with van der Waals surface area (Å²) >= 11 is 1.28. The minimum atomic E-state index is -0.141. The summed E-state index contributed by atoms with van der Waals surface area (Å²) in [6, 6.07) is 0. The Balaban J connectivity index is 2.46. The third kappa shape index (κ3) is 4.49. The number of anilines is 1. The number of carbonyl (C=O) groups is 1. The average molecular weight is 257 g/mol. The van der Waals surface area contributed by atoms with Crippen LogP contribution in [0, 0.1) is 0 Å². The Hall–Kier alpha value is -1.47. The van der Waals surface area contributed by atoms with Crippen LogP contribution >= 0.6 is 11.3 Å². The number of nitrogens with one attached hydrogen (secondary N) is 1. The zero-order chi connectivity index (χ0) is 12.7. The normalized spacial score (nSPS) is 11.5. The molecular formula is C10H15N3O3S. The number of rotatable bonds is 6. The van der Waals surface area contributed by atoms with Gasteiger partial charge < -0.3 is 15.3 Å². The number of aromatic nitrogens is 1. The Morgan fingerprint density at radius 1 is 1.71 bits per heavy atom. The van der Waals surface area contributed by atoms with Gasteiger partial charge in [0.2, 0.25) is 5.91 Å². The van der Waals surface area contributed by atoms with Crippen LogP contribution in [0.25, 0.3) is 0 Å². The lowest BCUT2D eigenvalue weighted by Gasteiger charge is -2.01. The standard InChI is InChI=1S/C10H15N3O3S/c1-3-16-5-4-9(14)12-10-11-8(6-17-10)7(2)13-15/h6,15H,3-5H2,1-2H3,(H,11,12,14). The van der Waals surface area contributed by atoms with Gasteiger partial charge in [0.25, 0.3) is 0 Å². The largest absolute Gasteiger partial charge is 0.411 e. The molecule has 0 aliphatic rings. The van der Waals surface area contributed by atoms with E-state index in [1.54, 1.807) is 12.3 Å². The zero-order valence-electron chi connectivity index (χ0n) is 9.77. The molecule has 0 fully saturated rings. The molecule has 0 aliphatic carbocycles. The molecule has 1 rings (SSSR count). The maximum absolute atomic E-state index is 11.4. The first-order valence-electron chi connectivity index (χ1n) is 5.19. The van der Waals surface area contributed by atoms with Crippen molar-refractivity contribution < 1.29 is 14.7 Å². The van der Waals surface area contributed by atoms with Gasteiger partial charge in [-0.1, -0.05) is 5.16 Å². The highest BCUT2D eigenvalue weighted by Gasteiger charge is 2.08. The molecular weight excluding hydrogens is 242 g/mol. The molecule has 0 spiro atoms. The molecule has 7 heteroatoms. The molecule has 0 saturated carbocycles. The minimum absolute atomic E-state index is 0.141. The van der Waals surface area contributed by atoms with E-state index in [4.69, 9.17) is 9.94 Å². The van der Waals surface area contributed by atoms with Crippen LogP contribution in [0.1, 0.15) is 26.0 Å². The van der Waals surface area contributed by atoms with Gasteiger partial charge in [0, 0.05) is 12.0 Å². The lowest BCUT2D eigenvalue weighted by atomic mass is 10.3. The molecule has 1 amide bonds. The predicted octanol–water partition coefficient (Wildman–Crippen LogP) is 1.71. The molecule has 6 nitrogen and oxygen atoms in total. The lowest BCUT2D eigenvalue weighted by Crippen LogP contribution is -2.14. The summed E-state index contributed by atoms with van der Waals surface area (Å²) in [6.45, 7) is 4.51. The van der Waals surface area contributed by atoms with Crippen molar-refractivity contribution in [2.75, 3.05) is 18.5 Å². The van der Waals surface area contributed by atoms with Gasteiger partial charge in [-0.2, -0.15) is 0 Å². The van der Waals surface area contributed by atoms with Crippen molar-refractivity contribution in [2.45, 2.75) is 20.3 Å². The highest BCUT2D eigenvalue weighted by atomic mass is 32.1. The minimum Gasteiger partial charge on any atom is -0.411 e. The Labute approximate surface area is 103 Å². The number of ether oxygens (including phenoxy) is 1. The molecule has 1 aromatic heterocycles. The van der Waals surface area contributed by atoms with Gasteiger partial charge in [0.05, 0.1) is 13.0 Å². The summed E-state index contributed by atoms with van der Waals surface area (Å²) < 4.78 is 5.07. The van der Waals surface area contributed by atoms with E-state index in [1.165, 1.54) is 11.3 Å². The van der Waals surface area contributed by atoms with E-state index in [9.17, 15) is 4.79 Å². The molecule has 0 unspecified atom stereocenters. The fraction of sp³-hybridized carbons (Fsp3) is 0.500. The van der Waals surface area contributed by atoms with Crippen molar-refractivity contribution >= 4 is 28.1 Å². The van der Waals surface area contributed by atoms with Crippen LogP contribution in [0.15, 0.2) is 10.5 Å². The van der Waals surface area contributed by atoms with E-state index < -0.39 is 0 Å². The Bertz CT molecular complexity index is 403. The summed E-state index contributed by atoms with van der Waals surface area (Å²) in [6.07, 6.45) is 0.301. The maximum Gasteiger partial charge on any atom is 0.228 e. The molecule has 1 aromatic rings. The number of nitrogens with zero attached hydrogens (tertiary/aromatic N) is 2. The second kappa shape index (κ2) is 6.97. The Morgan fingerprint density at radius 2 is 2.47 bits per heavy atom. The Kier molecular flexibility index (Phi) is 5.58. The predicted molar refractivity (Wildman–Crippen MR) is 65.9 cm³/mol. The van der Waals surface area contributed by atoms with Gasteiger partial charge >= 0.3 is 0 Å². The van der Waals surface area contributed by atoms with Crippen molar-refractivity contribution in [2.24, 2.45) is 5.16 Å². The van der Waals surface area contributed by atoms with Gasteiger partial charge in [-0.25, -0.2) is 4.98 Å². The molecule has 17 heavy (non-hydrogen) atoms. The summed E-state index contributed by atoms with van der Waals surface area (Å²) in [5.41, 5.74) is 0.966. The van der Waals surface area contributed by atoms with Gasteiger partial charge in [0.1, 0.15) is 11.4 Å². The fourth-order valence-corrected chi connectivity index (χ4v) is 1.81. The fourth-order valence-electron chi connectivity index (χ4n) is 1.04. The molecule has 1 heterocycles. The monoisotopic (exact) mass is 257 g/mol. The first-order valence-corrected chi connectivity index (χ1v) is 6.07. The molecule has 0 aliphatic heterocycles. The maximum atomic E-state index is 11.4. The van der Waals surface area contributed by atoms with Gasteiger partial charge in [-0.15, -0.1) is 11.3 Å². The topological polar surface area (TPSA) is 83.8 Å². The van der Waals surface area contributed by atoms with E-state index in [2.05, 4.69) is 15.5 Å². The number of thiazole rings is 1. The summed E-state index contributed by atoms with van der Waals surface area (Å²) in [4.78, 5) is 15.5. The van der Waals surface area contributed by atoms with Gasteiger partial charge in [0.15, 0.2) is 5.13 Å².